The van der Waals surface area contributed by atoms with Gasteiger partial charge < -0.3 is 9.84 Å². The molecule has 0 aromatic heterocycles. The van der Waals surface area contributed by atoms with Crippen LogP contribution in [0, 0.1) is 0 Å². The van der Waals surface area contributed by atoms with E-state index in [2.05, 4.69) is 15.9 Å². The summed E-state index contributed by atoms with van der Waals surface area (Å²) in [6.45, 7) is 0.714. The highest BCUT2D eigenvalue weighted by Crippen LogP contribution is 2.11. The van der Waals surface area contributed by atoms with Crippen LogP contribution in [0.2, 0.25) is 0 Å². The van der Waals surface area contributed by atoms with Gasteiger partial charge in [-0.2, -0.15) is 0 Å². The molecule has 14 heavy (non-hydrogen) atoms. The molecule has 1 aromatic carbocycles. The van der Waals surface area contributed by atoms with E-state index in [1.54, 1.807) is 0 Å². The van der Waals surface area contributed by atoms with Crippen LogP contribution < -0.4 is 0 Å². The largest absolute Gasteiger partial charge is 0.481 e. The van der Waals surface area contributed by atoms with Gasteiger partial charge in [0, 0.05) is 4.47 Å². The molecule has 0 atom stereocenters. The van der Waals surface area contributed by atoms with Gasteiger partial charge in [-0.1, -0.05) is 28.1 Å². The molecule has 1 rings (SSSR count). The van der Waals surface area contributed by atoms with Gasteiger partial charge in [0.05, 0.1) is 19.6 Å². The summed E-state index contributed by atoms with van der Waals surface area (Å²) in [5, 5.41) is 8.36. The van der Waals surface area contributed by atoms with Crippen molar-refractivity contribution in [3.63, 3.8) is 0 Å². The first-order valence-corrected chi connectivity index (χ1v) is 5.02. The second-order valence-corrected chi connectivity index (χ2v) is 3.74. The molecule has 0 fully saturated rings. The van der Waals surface area contributed by atoms with Crippen molar-refractivity contribution in [2.24, 2.45) is 0 Å². The minimum atomic E-state index is -0.833. The smallest absolute Gasteiger partial charge is 0.305 e. The number of ether oxygens (including phenoxy) is 1. The first kappa shape index (κ1) is 11.2. The summed E-state index contributed by atoms with van der Waals surface area (Å²) in [6, 6.07) is 7.72. The fourth-order valence-electron chi connectivity index (χ4n) is 0.930. The van der Waals surface area contributed by atoms with Crippen molar-refractivity contribution in [1.29, 1.82) is 0 Å². The summed E-state index contributed by atoms with van der Waals surface area (Å²) in [5.74, 6) is -0.833. The van der Waals surface area contributed by atoms with Gasteiger partial charge in [-0.3, -0.25) is 4.79 Å². The Balaban J connectivity index is 2.25. The second-order valence-electron chi connectivity index (χ2n) is 2.82. The van der Waals surface area contributed by atoms with Gasteiger partial charge in [0.15, 0.2) is 0 Å². The monoisotopic (exact) mass is 258 g/mol. The van der Waals surface area contributed by atoms with Gasteiger partial charge in [0.25, 0.3) is 0 Å². The molecule has 0 aliphatic carbocycles. The highest BCUT2D eigenvalue weighted by atomic mass is 79.9. The number of hydrogen-bond donors (Lipinski definition) is 1. The van der Waals surface area contributed by atoms with E-state index in [9.17, 15) is 4.79 Å². The molecule has 0 heterocycles. The zero-order chi connectivity index (χ0) is 10.4. The first-order valence-electron chi connectivity index (χ1n) is 4.22. The molecule has 0 radical (unpaired) electrons. The lowest BCUT2D eigenvalue weighted by molar-refractivity contribution is -0.138. The standard InChI is InChI=1S/C10H11BrO3/c11-9-3-1-8(2-4-9)7-14-6-5-10(12)13/h1-4H,5-7H2,(H,12,13). The fraction of sp³-hybridized carbons (Fsp3) is 0.300. The van der Waals surface area contributed by atoms with E-state index < -0.39 is 5.97 Å². The Hall–Kier alpha value is -0.870. The van der Waals surface area contributed by atoms with Crippen molar-refractivity contribution in [3.8, 4) is 0 Å². The quantitative estimate of drug-likeness (QED) is 0.826. The Morgan fingerprint density at radius 2 is 2.00 bits per heavy atom. The summed E-state index contributed by atoms with van der Waals surface area (Å²) in [7, 11) is 0. The van der Waals surface area contributed by atoms with Crippen LogP contribution in [0.15, 0.2) is 28.7 Å². The van der Waals surface area contributed by atoms with Gasteiger partial charge in [0.1, 0.15) is 0 Å². The number of aliphatic carboxylic acids is 1. The molecule has 4 heteroatoms. The van der Waals surface area contributed by atoms with Crippen LogP contribution in [-0.4, -0.2) is 17.7 Å². The minimum Gasteiger partial charge on any atom is -0.481 e. The molecule has 1 aromatic rings. The Bertz CT molecular complexity index is 295. The lowest BCUT2D eigenvalue weighted by atomic mass is 10.2. The van der Waals surface area contributed by atoms with Gasteiger partial charge in [0.2, 0.25) is 0 Å². The molecule has 0 aliphatic rings. The summed E-state index contributed by atoms with van der Waals surface area (Å²) in [4.78, 5) is 10.2. The van der Waals surface area contributed by atoms with Crippen molar-refractivity contribution in [2.45, 2.75) is 13.0 Å². The third-order valence-electron chi connectivity index (χ3n) is 1.64. The SMILES string of the molecule is O=C(O)CCOCc1ccc(Br)cc1. The molecule has 76 valence electrons. The van der Waals surface area contributed by atoms with Gasteiger partial charge in [-0.25, -0.2) is 0 Å². The zero-order valence-electron chi connectivity index (χ0n) is 7.57. The summed E-state index contributed by atoms with van der Waals surface area (Å²) in [6.07, 6.45) is 0.0521. The highest BCUT2D eigenvalue weighted by Gasteiger charge is 1.97. The average molecular weight is 259 g/mol. The Labute approximate surface area is 90.8 Å². The zero-order valence-corrected chi connectivity index (χ0v) is 9.16. The summed E-state index contributed by atoms with van der Waals surface area (Å²) in [5.41, 5.74) is 1.04. The van der Waals surface area contributed by atoms with Gasteiger partial charge >= 0.3 is 5.97 Å². The van der Waals surface area contributed by atoms with E-state index in [4.69, 9.17) is 9.84 Å². The van der Waals surface area contributed by atoms with Crippen LogP contribution in [-0.2, 0) is 16.1 Å². The van der Waals surface area contributed by atoms with Crippen molar-refractivity contribution in [2.75, 3.05) is 6.61 Å². The maximum atomic E-state index is 10.2. The van der Waals surface area contributed by atoms with Crippen LogP contribution in [0.1, 0.15) is 12.0 Å². The maximum absolute atomic E-state index is 10.2. The van der Waals surface area contributed by atoms with E-state index in [-0.39, 0.29) is 13.0 Å². The number of halogens is 1. The molecule has 0 spiro atoms. The molecule has 0 saturated carbocycles. The van der Waals surface area contributed by atoms with Crippen LogP contribution in [0.25, 0.3) is 0 Å². The van der Waals surface area contributed by atoms with Crippen molar-refractivity contribution < 1.29 is 14.6 Å². The number of carboxylic acids is 1. The Morgan fingerprint density at radius 1 is 1.36 bits per heavy atom. The summed E-state index contributed by atoms with van der Waals surface area (Å²) < 4.78 is 6.19. The van der Waals surface area contributed by atoms with Crippen molar-refractivity contribution >= 4 is 21.9 Å². The number of carbonyl (C=O) groups is 1. The van der Waals surface area contributed by atoms with Crippen LogP contribution >= 0.6 is 15.9 Å². The molecule has 3 nitrogen and oxygen atoms in total. The van der Waals surface area contributed by atoms with Gasteiger partial charge in [-0.15, -0.1) is 0 Å². The normalized spacial score (nSPS) is 10.1. The lowest BCUT2D eigenvalue weighted by Crippen LogP contribution is -2.02. The lowest BCUT2D eigenvalue weighted by Gasteiger charge is -2.02. The van der Waals surface area contributed by atoms with E-state index in [1.165, 1.54) is 0 Å². The van der Waals surface area contributed by atoms with Crippen LogP contribution in [0.4, 0.5) is 0 Å². The molecule has 0 aliphatic heterocycles. The number of rotatable bonds is 5. The maximum Gasteiger partial charge on any atom is 0.305 e. The Kier molecular flexibility index (Phi) is 4.62. The summed E-state index contributed by atoms with van der Waals surface area (Å²) >= 11 is 3.33. The fourth-order valence-corrected chi connectivity index (χ4v) is 1.19. The van der Waals surface area contributed by atoms with E-state index in [1.807, 2.05) is 24.3 Å². The molecule has 1 N–H and O–H groups in total. The van der Waals surface area contributed by atoms with Crippen LogP contribution in [0.5, 0.6) is 0 Å². The van der Waals surface area contributed by atoms with E-state index >= 15 is 0 Å². The molecule has 0 amide bonds. The molecule has 0 saturated heterocycles. The number of benzene rings is 1. The third-order valence-corrected chi connectivity index (χ3v) is 2.17. The van der Waals surface area contributed by atoms with Crippen molar-refractivity contribution in [1.82, 2.24) is 0 Å². The molecular formula is C10H11BrO3. The first-order chi connectivity index (χ1) is 6.68. The topological polar surface area (TPSA) is 46.5 Å². The number of hydrogen-bond acceptors (Lipinski definition) is 2. The third kappa shape index (κ3) is 4.39. The number of carboxylic acid groups (broad SMARTS) is 1. The molecular weight excluding hydrogens is 248 g/mol. The predicted octanol–water partition coefficient (Wildman–Crippen LogP) is 2.44. The average Bonchev–Trinajstić information content (AvgIpc) is 2.15. The van der Waals surface area contributed by atoms with E-state index in [0.29, 0.717) is 6.61 Å². The minimum absolute atomic E-state index is 0.0521. The van der Waals surface area contributed by atoms with E-state index in [0.717, 1.165) is 10.0 Å². The van der Waals surface area contributed by atoms with Crippen molar-refractivity contribution in [3.05, 3.63) is 34.3 Å². The van der Waals surface area contributed by atoms with Crippen LogP contribution in [0.3, 0.4) is 0 Å². The predicted molar refractivity (Wildman–Crippen MR) is 56.1 cm³/mol. The Morgan fingerprint density at radius 3 is 2.57 bits per heavy atom. The van der Waals surface area contributed by atoms with Gasteiger partial charge in [-0.05, 0) is 17.7 Å². The highest BCUT2D eigenvalue weighted by molar-refractivity contribution is 9.10. The molecule has 0 unspecified atom stereocenters. The second kappa shape index (κ2) is 5.78. The molecule has 0 bridgehead atoms.